The molecular weight excluding hydrogens is 552 g/mol. The van der Waals surface area contributed by atoms with E-state index < -0.39 is 0 Å². The summed E-state index contributed by atoms with van der Waals surface area (Å²) in [4.78, 5) is 18.7. The van der Waals surface area contributed by atoms with E-state index in [-0.39, 0.29) is 24.6 Å². The number of hydrogen-bond acceptors (Lipinski definition) is 5. The Morgan fingerprint density at radius 2 is 1.97 bits per heavy atom. The predicted molar refractivity (Wildman–Crippen MR) is 151 cm³/mol. The van der Waals surface area contributed by atoms with E-state index in [4.69, 9.17) is 21.4 Å². The molecule has 0 spiro atoms. The van der Waals surface area contributed by atoms with Crippen LogP contribution in [0.4, 0.5) is 11.4 Å². The first-order valence-electron chi connectivity index (χ1n) is 11.7. The maximum atomic E-state index is 12.0. The fourth-order valence-electron chi connectivity index (χ4n) is 4.46. The number of furan rings is 1. The molecule has 0 saturated carbocycles. The van der Waals surface area contributed by atoms with Crippen molar-refractivity contribution >= 4 is 50.5 Å². The van der Waals surface area contributed by atoms with E-state index in [1.807, 2.05) is 84.6 Å². The number of nitrogens with zero attached hydrogens (tertiary/aromatic N) is 2. The minimum atomic E-state index is -0.278. The van der Waals surface area contributed by atoms with Crippen LogP contribution in [0.5, 0.6) is 0 Å². The van der Waals surface area contributed by atoms with Crippen LogP contribution in [0.1, 0.15) is 29.1 Å². The molecule has 0 bridgehead atoms. The van der Waals surface area contributed by atoms with Gasteiger partial charge in [0.05, 0.1) is 11.7 Å². The summed E-state index contributed by atoms with van der Waals surface area (Å²) in [6, 6.07) is 23.1. The normalized spacial score (nSPS) is 17.1. The molecule has 4 aromatic rings. The summed E-state index contributed by atoms with van der Waals surface area (Å²) in [5.41, 5.74) is 4.34. The first kappa shape index (κ1) is 25.1. The Morgan fingerprint density at radius 3 is 2.68 bits per heavy atom. The van der Waals surface area contributed by atoms with Gasteiger partial charge in [0.15, 0.2) is 5.11 Å². The lowest BCUT2D eigenvalue weighted by molar-refractivity contribution is -0.119. The number of carbonyl (C=O) groups is 1. The summed E-state index contributed by atoms with van der Waals surface area (Å²) in [5.74, 6) is 1.32. The Bertz CT molecular complexity index is 1430. The van der Waals surface area contributed by atoms with Crippen molar-refractivity contribution in [3.05, 3.63) is 100 Å². The smallest absolute Gasteiger partial charge is 0.250 e. The highest BCUT2D eigenvalue weighted by atomic mass is 79.9. The van der Waals surface area contributed by atoms with E-state index in [0.29, 0.717) is 5.11 Å². The van der Waals surface area contributed by atoms with Gasteiger partial charge in [-0.3, -0.25) is 9.78 Å². The standard InChI is InChI=1S/C28H25BrN4O3S/c1-17-15-20(10-11-21(17)31-25(34)16-35-2)33-27(26(32-28(33)37)22-5-3-4-14-30-22)24-13-12-23(36-24)18-6-8-19(29)9-7-18/h3-15,26-27H,16H2,1-2H3,(H,31,34)(H,32,37)/t26-,27-/m0/s1. The number of ether oxygens (including phenoxy) is 1. The first-order valence-corrected chi connectivity index (χ1v) is 12.9. The molecule has 0 aliphatic carbocycles. The molecule has 0 radical (unpaired) electrons. The number of amides is 1. The third kappa shape index (κ3) is 5.29. The van der Waals surface area contributed by atoms with Crippen molar-refractivity contribution in [1.29, 1.82) is 0 Å². The molecule has 1 fully saturated rings. The zero-order valence-corrected chi connectivity index (χ0v) is 22.7. The SMILES string of the molecule is COCC(=O)Nc1ccc(N2C(=S)N[C@@H](c3ccccn3)[C@@H]2c2ccc(-c3ccc(Br)cc3)o2)cc1C. The Morgan fingerprint density at radius 1 is 1.16 bits per heavy atom. The summed E-state index contributed by atoms with van der Waals surface area (Å²) in [6.07, 6.45) is 1.77. The number of benzene rings is 2. The van der Waals surface area contributed by atoms with Gasteiger partial charge in [-0.25, -0.2) is 0 Å². The van der Waals surface area contributed by atoms with Crippen molar-refractivity contribution in [3.8, 4) is 11.3 Å². The number of rotatable bonds is 7. The zero-order chi connectivity index (χ0) is 25.9. The molecule has 5 rings (SSSR count). The van der Waals surface area contributed by atoms with Gasteiger partial charge in [0.2, 0.25) is 5.91 Å². The molecule has 1 amide bonds. The van der Waals surface area contributed by atoms with Crippen LogP contribution >= 0.6 is 28.1 Å². The van der Waals surface area contributed by atoms with E-state index in [9.17, 15) is 4.79 Å². The molecule has 1 saturated heterocycles. The zero-order valence-electron chi connectivity index (χ0n) is 20.3. The number of pyridine rings is 1. The topological polar surface area (TPSA) is 79.6 Å². The summed E-state index contributed by atoms with van der Waals surface area (Å²) >= 11 is 9.31. The lowest BCUT2D eigenvalue weighted by Gasteiger charge is -2.26. The van der Waals surface area contributed by atoms with Crippen molar-refractivity contribution in [2.75, 3.05) is 23.9 Å². The van der Waals surface area contributed by atoms with Gasteiger partial charge >= 0.3 is 0 Å². The largest absolute Gasteiger partial charge is 0.459 e. The van der Waals surface area contributed by atoms with E-state index >= 15 is 0 Å². The molecule has 0 unspecified atom stereocenters. The van der Waals surface area contributed by atoms with E-state index in [1.165, 1.54) is 7.11 Å². The minimum Gasteiger partial charge on any atom is -0.459 e. The van der Waals surface area contributed by atoms with Gasteiger partial charge in [0.25, 0.3) is 0 Å². The highest BCUT2D eigenvalue weighted by Crippen LogP contribution is 2.43. The van der Waals surface area contributed by atoms with Gasteiger partial charge in [0.1, 0.15) is 24.2 Å². The van der Waals surface area contributed by atoms with Gasteiger partial charge < -0.3 is 24.7 Å². The van der Waals surface area contributed by atoms with Crippen molar-refractivity contribution in [3.63, 3.8) is 0 Å². The summed E-state index contributed by atoms with van der Waals surface area (Å²) in [7, 11) is 1.49. The molecule has 3 heterocycles. The summed E-state index contributed by atoms with van der Waals surface area (Å²) in [6.45, 7) is 1.94. The van der Waals surface area contributed by atoms with Crippen LogP contribution in [0.25, 0.3) is 11.3 Å². The number of halogens is 1. The van der Waals surface area contributed by atoms with Gasteiger partial charge in [-0.2, -0.15) is 0 Å². The highest BCUT2D eigenvalue weighted by molar-refractivity contribution is 9.10. The number of thiocarbonyl (C=S) groups is 1. The molecule has 7 nitrogen and oxygen atoms in total. The molecular formula is C28H25BrN4O3S. The molecule has 1 aliphatic heterocycles. The average molecular weight is 578 g/mol. The maximum Gasteiger partial charge on any atom is 0.250 e. The van der Waals surface area contributed by atoms with E-state index in [2.05, 4.69) is 31.5 Å². The molecule has 2 N–H and O–H groups in total. The fourth-order valence-corrected chi connectivity index (χ4v) is 5.07. The lowest BCUT2D eigenvalue weighted by atomic mass is 10.0. The van der Waals surface area contributed by atoms with Crippen molar-refractivity contribution in [2.45, 2.75) is 19.0 Å². The molecule has 2 aromatic carbocycles. The lowest BCUT2D eigenvalue weighted by Crippen LogP contribution is -2.29. The van der Waals surface area contributed by atoms with Gasteiger partial charge in [0, 0.05) is 34.7 Å². The number of aromatic nitrogens is 1. The second kappa shape index (κ2) is 10.8. The van der Waals surface area contributed by atoms with Crippen LogP contribution in [0.15, 0.2) is 87.9 Å². The molecule has 1 aliphatic rings. The molecule has 2 aromatic heterocycles. The molecule has 188 valence electrons. The van der Waals surface area contributed by atoms with Crippen LogP contribution in [0, 0.1) is 6.92 Å². The summed E-state index contributed by atoms with van der Waals surface area (Å²) in [5, 5.41) is 6.90. The number of nitrogens with one attached hydrogen (secondary N) is 2. The third-order valence-electron chi connectivity index (χ3n) is 6.18. The van der Waals surface area contributed by atoms with Crippen LogP contribution in [-0.4, -0.2) is 29.7 Å². The van der Waals surface area contributed by atoms with Crippen LogP contribution in [0.3, 0.4) is 0 Å². The average Bonchev–Trinajstić information content (AvgIpc) is 3.51. The number of methoxy groups -OCH3 is 1. The highest BCUT2D eigenvalue weighted by Gasteiger charge is 2.42. The second-order valence-corrected chi connectivity index (χ2v) is 9.99. The van der Waals surface area contributed by atoms with Crippen LogP contribution in [-0.2, 0) is 9.53 Å². The number of aryl methyl sites for hydroxylation is 1. The summed E-state index contributed by atoms with van der Waals surface area (Å²) < 4.78 is 12.4. The Kier molecular flexibility index (Phi) is 7.36. The van der Waals surface area contributed by atoms with Crippen molar-refractivity contribution in [2.24, 2.45) is 0 Å². The van der Waals surface area contributed by atoms with Gasteiger partial charge in [-0.05, 0) is 79.3 Å². The number of carbonyl (C=O) groups excluding carboxylic acids is 1. The fraction of sp³-hybridized carbons (Fsp3) is 0.179. The molecule has 9 heteroatoms. The predicted octanol–water partition coefficient (Wildman–Crippen LogP) is 6.17. The molecule has 2 atom stereocenters. The number of hydrogen-bond donors (Lipinski definition) is 2. The Hall–Kier alpha value is -3.53. The van der Waals surface area contributed by atoms with Crippen molar-refractivity contribution in [1.82, 2.24) is 10.3 Å². The minimum absolute atomic E-state index is 0.00561. The Labute approximate surface area is 229 Å². The quantitative estimate of drug-likeness (QED) is 0.254. The monoisotopic (exact) mass is 576 g/mol. The maximum absolute atomic E-state index is 12.0. The second-order valence-electron chi connectivity index (χ2n) is 8.69. The van der Waals surface area contributed by atoms with Crippen LogP contribution in [0.2, 0.25) is 0 Å². The van der Waals surface area contributed by atoms with Crippen LogP contribution < -0.4 is 15.5 Å². The Balaban J connectivity index is 1.53. The third-order valence-corrected chi connectivity index (χ3v) is 7.03. The van der Waals surface area contributed by atoms with E-state index in [1.54, 1.807) is 6.20 Å². The molecule has 37 heavy (non-hydrogen) atoms. The van der Waals surface area contributed by atoms with Crippen molar-refractivity contribution < 1.29 is 13.9 Å². The van der Waals surface area contributed by atoms with E-state index in [0.717, 1.165) is 44.2 Å². The number of anilines is 2. The van der Waals surface area contributed by atoms with Gasteiger partial charge in [-0.1, -0.05) is 34.1 Å². The first-order chi connectivity index (χ1) is 17.9. The van der Waals surface area contributed by atoms with Gasteiger partial charge in [-0.15, -0.1) is 0 Å².